The van der Waals surface area contributed by atoms with Crippen LogP contribution in [0.4, 0.5) is 5.13 Å². The number of nitrogens with zero attached hydrogens (tertiary/aromatic N) is 4. The van der Waals surface area contributed by atoms with Crippen LogP contribution in [-0.4, -0.2) is 50.5 Å². The van der Waals surface area contributed by atoms with Gasteiger partial charge in [0.15, 0.2) is 0 Å². The first kappa shape index (κ1) is 24.3. The van der Waals surface area contributed by atoms with Crippen LogP contribution in [-0.2, 0) is 0 Å². The molecule has 1 amide bonds. The number of anilines is 1. The summed E-state index contributed by atoms with van der Waals surface area (Å²) in [6.07, 6.45) is 6.28. The maximum Gasteiger partial charge on any atom is 0.296 e. The molecule has 0 bridgehead atoms. The van der Waals surface area contributed by atoms with Crippen molar-refractivity contribution in [3.63, 3.8) is 0 Å². The second kappa shape index (κ2) is 10.6. The molecule has 11 heteroatoms. The minimum absolute atomic E-state index is 0.0308. The number of hydrogen-bond donors (Lipinski definition) is 2. The Hall–Kier alpha value is -2.82. The van der Waals surface area contributed by atoms with Gasteiger partial charge in [0.05, 0.1) is 25.0 Å². The van der Waals surface area contributed by atoms with Crippen molar-refractivity contribution in [2.24, 2.45) is 5.92 Å². The fourth-order valence-electron chi connectivity index (χ4n) is 4.06. The van der Waals surface area contributed by atoms with Gasteiger partial charge in [-0.15, -0.1) is 5.10 Å². The summed E-state index contributed by atoms with van der Waals surface area (Å²) in [6.45, 7) is 3.67. The quantitative estimate of drug-likeness (QED) is 0.451. The molecule has 180 valence electrons. The number of aliphatic hydroxyl groups excluding tert-OH is 1. The number of halogens is 1. The fraction of sp³-hybridized carbons (Fsp3) is 0.435. The number of amides is 1. The van der Waals surface area contributed by atoms with E-state index >= 15 is 0 Å². The zero-order valence-electron chi connectivity index (χ0n) is 19.1. The van der Waals surface area contributed by atoms with Gasteiger partial charge in [-0.25, -0.2) is 4.98 Å². The number of rotatable bonds is 7. The van der Waals surface area contributed by atoms with E-state index in [1.807, 2.05) is 13.8 Å². The molecule has 3 aromatic heterocycles. The van der Waals surface area contributed by atoms with Crippen LogP contribution in [0.25, 0.3) is 11.1 Å². The molecule has 1 aliphatic carbocycles. The van der Waals surface area contributed by atoms with Crippen LogP contribution < -0.4 is 14.8 Å². The normalized spacial score (nSPS) is 18.9. The highest BCUT2D eigenvalue weighted by Gasteiger charge is 2.26. The van der Waals surface area contributed by atoms with Crippen molar-refractivity contribution in [2.45, 2.75) is 51.7 Å². The number of aromatic nitrogens is 4. The molecule has 0 unspecified atom stereocenters. The molecule has 0 saturated heterocycles. The Labute approximate surface area is 206 Å². The van der Waals surface area contributed by atoms with Gasteiger partial charge < -0.3 is 14.6 Å². The van der Waals surface area contributed by atoms with Gasteiger partial charge in [-0.2, -0.15) is 0 Å². The Morgan fingerprint density at radius 1 is 1.18 bits per heavy atom. The molecule has 1 saturated carbocycles. The van der Waals surface area contributed by atoms with E-state index in [2.05, 4.69) is 25.5 Å². The van der Waals surface area contributed by atoms with Gasteiger partial charge in [0.25, 0.3) is 11.1 Å². The van der Waals surface area contributed by atoms with E-state index in [1.165, 1.54) is 30.8 Å². The number of methoxy groups -OCH3 is 1. The van der Waals surface area contributed by atoms with Gasteiger partial charge in [0.2, 0.25) is 5.13 Å². The summed E-state index contributed by atoms with van der Waals surface area (Å²) < 4.78 is 11.4. The average Bonchev–Trinajstić information content (AvgIpc) is 3.25. The number of ether oxygens (including phenoxy) is 2. The Bertz CT molecular complexity index is 1160. The standard InChI is InChI=1S/C23H26ClN5O4S/c1-12-8-16(17-9-20(24)26-11-19(17)32-3)18(10-25-12)21(31)27-22-28-29-23(34-22)33-15-6-4-14(5-7-15)13(2)30/h8-11,13-15,30H,4-7H2,1-3H3,(H,27,28,31)/t13-,14-,15+/m1/s1. The van der Waals surface area contributed by atoms with Gasteiger partial charge in [0.1, 0.15) is 17.0 Å². The highest BCUT2D eigenvalue weighted by molar-refractivity contribution is 7.17. The molecule has 2 N–H and O–H groups in total. The van der Waals surface area contributed by atoms with Crippen LogP contribution in [0.3, 0.4) is 0 Å². The minimum Gasteiger partial charge on any atom is -0.494 e. The SMILES string of the molecule is COc1cnc(Cl)cc1-c1cc(C)ncc1C(=O)Nc1nnc(O[C@H]2CC[C@@H]([C@@H](C)O)CC2)s1. The van der Waals surface area contributed by atoms with Crippen LogP contribution in [0.15, 0.2) is 24.5 Å². The van der Waals surface area contributed by atoms with Crippen molar-refractivity contribution in [1.29, 1.82) is 0 Å². The smallest absolute Gasteiger partial charge is 0.296 e. The first-order chi connectivity index (χ1) is 16.3. The van der Waals surface area contributed by atoms with Crippen molar-refractivity contribution < 1.29 is 19.4 Å². The summed E-state index contributed by atoms with van der Waals surface area (Å²) in [5.74, 6) is 0.411. The first-order valence-corrected chi connectivity index (χ1v) is 12.2. The van der Waals surface area contributed by atoms with Gasteiger partial charge >= 0.3 is 0 Å². The van der Waals surface area contributed by atoms with E-state index in [0.717, 1.165) is 31.4 Å². The molecule has 4 rings (SSSR count). The molecule has 3 heterocycles. The predicted octanol–water partition coefficient (Wildman–Crippen LogP) is 4.54. The Morgan fingerprint density at radius 2 is 1.94 bits per heavy atom. The van der Waals surface area contributed by atoms with Crippen molar-refractivity contribution in [3.05, 3.63) is 40.9 Å². The number of aryl methyl sites for hydroxylation is 1. The summed E-state index contributed by atoms with van der Waals surface area (Å²) in [6, 6.07) is 3.44. The molecule has 0 spiro atoms. The molecule has 34 heavy (non-hydrogen) atoms. The van der Waals surface area contributed by atoms with E-state index in [-0.39, 0.29) is 17.4 Å². The van der Waals surface area contributed by atoms with Crippen LogP contribution in [0.1, 0.15) is 48.7 Å². The highest BCUT2D eigenvalue weighted by atomic mass is 35.5. The maximum absolute atomic E-state index is 13.1. The van der Waals surface area contributed by atoms with E-state index in [0.29, 0.717) is 38.7 Å². The lowest BCUT2D eigenvalue weighted by atomic mass is 9.84. The van der Waals surface area contributed by atoms with E-state index < -0.39 is 5.91 Å². The maximum atomic E-state index is 13.1. The van der Waals surface area contributed by atoms with Crippen molar-refractivity contribution in [1.82, 2.24) is 20.2 Å². The van der Waals surface area contributed by atoms with Crippen molar-refractivity contribution in [3.8, 4) is 22.1 Å². The second-order valence-corrected chi connectivity index (χ2v) is 9.63. The summed E-state index contributed by atoms with van der Waals surface area (Å²) in [5, 5.41) is 21.7. The summed E-state index contributed by atoms with van der Waals surface area (Å²) in [4.78, 5) is 21.5. The van der Waals surface area contributed by atoms with Crippen LogP contribution in [0.2, 0.25) is 5.15 Å². The highest BCUT2D eigenvalue weighted by Crippen LogP contribution is 2.35. The zero-order valence-corrected chi connectivity index (χ0v) is 20.7. The number of aliphatic hydroxyl groups is 1. The molecule has 0 aromatic carbocycles. The molecule has 0 aliphatic heterocycles. The summed E-state index contributed by atoms with van der Waals surface area (Å²) in [5.41, 5.74) is 2.31. The van der Waals surface area contributed by atoms with E-state index in [9.17, 15) is 9.90 Å². The zero-order chi connectivity index (χ0) is 24.2. The number of pyridine rings is 2. The third-order valence-corrected chi connectivity index (χ3v) is 6.86. The molecule has 0 radical (unpaired) electrons. The van der Waals surface area contributed by atoms with Gasteiger partial charge in [-0.3, -0.25) is 15.1 Å². The third kappa shape index (κ3) is 5.63. The van der Waals surface area contributed by atoms with Gasteiger partial charge in [0, 0.05) is 23.0 Å². The van der Waals surface area contributed by atoms with Gasteiger partial charge in [-0.1, -0.05) is 16.7 Å². The summed E-state index contributed by atoms with van der Waals surface area (Å²) in [7, 11) is 1.53. The lowest BCUT2D eigenvalue weighted by Gasteiger charge is -2.29. The minimum atomic E-state index is -0.391. The van der Waals surface area contributed by atoms with Crippen LogP contribution >= 0.6 is 22.9 Å². The molecular weight excluding hydrogens is 478 g/mol. The number of hydrogen-bond acceptors (Lipinski definition) is 9. The lowest BCUT2D eigenvalue weighted by molar-refractivity contribution is 0.0606. The fourth-order valence-corrected chi connectivity index (χ4v) is 4.87. The first-order valence-electron chi connectivity index (χ1n) is 11.0. The Kier molecular flexibility index (Phi) is 7.60. The monoisotopic (exact) mass is 503 g/mol. The number of carbonyl (C=O) groups excluding carboxylic acids is 1. The molecule has 3 aromatic rings. The molecule has 9 nitrogen and oxygen atoms in total. The van der Waals surface area contributed by atoms with E-state index in [1.54, 1.807) is 12.1 Å². The molecule has 1 atom stereocenters. The van der Waals surface area contributed by atoms with Gasteiger partial charge in [-0.05, 0) is 68.9 Å². The molecule has 1 fully saturated rings. The Morgan fingerprint density at radius 3 is 2.65 bits per heavy atom. The molecule has 1 aliphatic rings. The lowest BCUT2D eigenvalue weighted by Crippen LogP contribution is -2.28. The molecular formula is C23H26ClN5O4S. The number of carbonyl (C=O) groups is 1. The van der Waals surface area contributed by atoms with Crippen LogP contribution in [0.5, 0.6) is 10.9 Å². The average molecular weight is 504 g/mol. The van der Waals surface area contributed by atoms with Crippen molar-refractivity contribution in [2.75, 3.05) is 12.4 Å². The third-order valence-electron chi connectivity index (χ3n) is 5.92. The Balaban J connectivity index is 1.48. The topological polar surface area (TPSA) is 119 Å². The van der Waals surface area contributed by atoms with Crippen LogP contribution in [0, 0.1) is 12.8 Å². The second-order valence-electron chi connectivity index (χ2n) is 8.30. The van der Waals surface area contributed by atoms with E-state index in [4.69, 9.17) is 21.1 Å². The predicted molar refractivity (Wildman–Crippen MR) is 130 cm³/mol. The number of nitrogens with one attached hydrogen (secondary N) is 1. The largest absolute Gasteiger partial charge is 0.494 e. The van der Waals surface area contributed by atoms with Crippen molar-refractivity contribution >= 4 is 34.0 Å². The summed E-state index contributed by atoms with van der Waals surface area (Å²) >= 11 is 7.28.